The van der Waals surface area contributed by atoms with Gasteiger partial charge in [0.2, 0.25) is 11.8 Å². The molecule has 0 heterocycles. The number of amides is 2. The summed E-state index contributed by atoms with van der Waals surface area (Å²) in [5.74, 6) is -0.963. The van der Waals surface area contributed by atoms with Crippen molar-refractivity contribution in [1.29, 1.82) is 0 Å². The summed E-state index contributed by atoms with van der Waals surface area (Å²) in [7, 11) is 1.00. The highest BCUT2D eigenvalue weighted by Gasteiger charge is 1.69. The van der Waals surface area contributed by atoms with E-state index >= 15 is 0 Å². The topological polar surface area (TPSA) is 127 Å². The molecule has 0 aromatic carbocycles. The zero-order valence-electron chi connectivity index (χ0n) is 8.72. The highest BCUT2D eigenvalue weighted by molar-refractivity contribution is 5.85. The molecule has 0 fully saturated rings. The number of primary amides is 2. The number of hydrogen-bond acceptors (Lipinski definition) is 4. The van der Waals surface area contributed by atoms with Gasteiger partial charge >= 0.3 is 0 Å². The van der Waals surface area contributed by atoms with Crippen LogP contribution < -0.4 is 11.5 Å². The van der Waals surface area contributed by atoms with Crippen LogP contribution in [0.2, 0.25) is 0 Å². The molecule has 0 aromatic rings. The Morgan fingerprint density at radius 1 is 1.00 bits per heavy atom. The average molecular weight is 218 g/mol. The molecule has 88 valence electrons. The van der Waals surface area contributed by atoms with Crippen LogP contribution in [0.25, 0.3) is 0 Å². The normalized spacial score (nSPS) is 5.47. The van der Waals surface area contributed by atoms with Crippen LogP contribution in [0.5, 0.6) is 0 Å². The fraction of sp³-hybridized carbons (Fsp3) is 0.111. The van der Waals surface area contributed by atoms with E-state index in [2.05, 4.69) is 31.2 Å². The van der Waals surface area contributed by atoms with Gasteiger partial charge in [-0.1, -0.05) is 19.7 Å². The van der Waals surface area contributed by atoms with Crippen molar-refractivity contribution in [2.24, 2.45) is 11.5 Å². The molecule has 15 heavy (non-hydrogen) atoms. The van der Waals surface area contributed by atoms with E-state index in [9.17, 15) is 9.59 Å². The Kier molecular flexibility index (Phi) is 45.7. The largest absolute Gasteiger partial charge is 0.516 e. The first-order valence-electron chi connectivity index (χ1n) is 3.49. The minimum atomic E-state index is -0.481. The Bertz CT molecular complexity index is 173. The van der Waals surface area contributed by atoms with Crippen LogP contribution in [-0.2, 0) is 9.59 Å². The molecule has 0 unspecified atom stereocenters. The number of nitrogens with two attached hydrogens (primary N) is 2. The molecule has 6 heteroatoms. The predicted octanol–water partition coefficient (Wildman–Crippen LogP) is -0.388. The lowest BCUT2D eigenvalue weighted by atomic mass is 10.6. The highest BCUT2D eigenvalue weighted by atomic mass is 16.2. The molecule has 6 nitrogen and oxygen atoms in total. The number of carbonyl (C=O) groups is 2. The van der Waals surface area contributed by atoms with E-state index in [4.69, 9.17) is 10.2 Å². The fourth-order valence-corrected chi connectivity index (χ4v) is 0. The van der Waals surface area contributed by atoms with Crippen LogP contribution in [0.3, 0.4) is 0 Å². The quantitative estimate of drug-likeness (QED) is 0.372. The first-order chi connectivity index (χ1) is 6.95. The molecule has 6 N–H and O–H groups in total. The van der Waals surface area contributed by atoms with Crippen molar-refractivity contribution in [3.8, 4) is 0 Å². The van der Waals surface area contributed by atoms with E-state index in [0.717, 1.165) is 25.5 Å². The lowest BCUT2D eigenvalue weighted by Crippen LogP contribution is -2.04. The smallest absolute Gasteiger partial charge is 0.240 e. The molecule has 0 spiro atoms. The predicted molar refractivity (Wildman–Crippen MR) is 59.8 cm³/mol. The molecule has 0 aliphatic rings. The van der Waals surface area contributed by atoms with E-state index in [-0.39, 0.29) is 0 Å². The summed E-state index contributed by atoms with van der Waals surface area (Å²) in [4.78, 5) is 18.9. The molecule has 0 atom stereocenters. The number of carbonyl (C=O) groups excluding carboxylic acids is 2. The van der Waals surface area contributed by atoms with Crippen molar-refractivity contribution >= 4 is 11.8 Å². The van der Waals surface area contributed by atoms with Gasteiger partial charge in [0.25, 0.3) is 0 Å². The van der Waals surface area contributed by atoms with E-state index < -0.39 is 11.8 Å². The third-order valence-electron chi connectivity index (χ3n) is 0.402. The van der Waals surface area contributed by atoms with Crippen LogP contribution >= 0.6 is 0 Å². The average Bonchev–Trinajstić information content (AvgIpc) is 2.22. The van der Waals surface area contributed by atoms with Crippen LogP contribution in [0, 0.1) is 0 Å². The third-order valence-corrected chi connectivity index (χ3v) is 0.402. The van der Waals surface area contributed by atoms with Gasteiger partial charge in [0, 0.05) is 7.11 Å². The fourth-order valence-electron chi connectivity index (χ4n) is 0. The van der Waals surface area contributed by atoms with Crippen LogP contribution in [0.1, 0.15) is 0 Å². The maximum absolute atomic E-state index is 9.47. The minimum absolute atomic E-state index is 0.481. The Morgan fingerprint density at radius 2 is 1.07 bits per heavy atom. The highest BCUT2D eigenvalue weighted by Crippen LogP contribution is 1.49. The summed E-state index contributed by atoms with van der Waals surface area (Å²) < 4.78 is 0. The molecule has 0 rings (SSSR count). The lowest BCUT2D eigenvalue weighted by molar-refractivity contribution is -0.114. The molecule has 0 aromatic heterocycles. The van der Waals surface area contributed by atoms with Gasteiger partial charge in [-0.2, -0.15) is 0 Å². The number of aliphatic hydroxyl groups is 2. The van der Waals surface area contributed by atoms with Crippen molar-refractivity contribution in [3.05, 3.63) is 38.2 Å². The van der Waals surface area contributed by atoms with E-state index in [0.29, 0.717) is 0 Å². The monoisotopic (exact) mass is 218 g/mol. The molecule has 0 aliphatic heterocycles. The summed E-state index contributed by atoms with van der Waals surface area (Å²) in [5.41, 5.74) is 9.07. The molecule has 0 radical (unpaired) electrons. The second kappa shape index (κ2) is 29.7. The van der Waals surface area contributed by atoms with E-state index in [1.165, 1.54) is 0 Å². The van der Waals surface area contributed by atoms with Gasteiger partial charge in [-0.15, -0.1) is 0 Å². The van der Waals surface area contributed by atoms with Crippen molar-refractivity contribution in [1.82, 2.24) is 0 Å². The van der Waals surface area contributed by atoms with Gasteiger partial charge in [-0.25, -0.2) is 0 Å². The van der Waals surface area contributed by atoms with Crippen LogP contribution in [-0.4, -0.2) is 29.1 Å². The number of rotatable bonds is 2. The molecule has 0 bridgehead atoms. The van der Waals surface area contributed by atoms with Crippen molar-refractivity contribution in [2.75, 3.05) is 7.11 Å². The number of aliphatic hydroxyl groups excluding tert-OH is 2. The third kappa shape index (κ3) is 318. The molecular weight excluding hydrogens is 200 g/mol. The van der Waals surface area contributed by atoms with Gasteiger partial charge in [-0.05, 0) is 12.2 Å². The second-order valence-electron chi connectivity index (χ2n) is 1.40. The summed E-state index contributed by atoms with van der Waals surface area (Å²) in [6.07, 6.45) is 2.86. The van der Waals surface area contributed by atoms with Crippen LogP contribution in [0.4, 0.5) is 0 Å². The summed E-state index contributed by atoms with van der Waals surface area (Å²) >= 11 is 0. The molecule has 0 aliphatic carbocycles. The molecule has 2 amide bonds. The SMILES string of the molecule is C=CC(N)=O.C=CC(N)=O.C=CO.CO. The van der Waals surface area contributed by atoms with Gasteiger partial charge < -0.3 is 21.7 Å². The van der Waals surface area contributed by atoms with E-state index in [1.54, 1.807) is 0 Å². The Hall–Kier alpha value is -2.08. The van der Waals surface area contributed by atoms with Gasteiger partial charge in [-0.3, -0.25) is 9.59 Å². The number of hydrogen-bond donors (Lipinski definition) is 4. The second-order valence-corrected chi connectivity index (χ2v) is 1.40. The Labute approximate surface area is 89.2 Å². The summed E-state index contributed by atoms with van der Waals surface area (Å²) in [6, 6.07) is 0. The Morgan fingerprint density at radius 3 is 1.07 bits per heavy atom. The zero-order chi connectivity index (χ0) is 13.3. The van der Waals surface area contributed by atoms with Crippen LogP contribution in [0.15, 0.2) is 38.2 Å². The standard InChI is InChI=1S/2C3H5NO.C2H4O.CH4O/c2*1-2-3(4)5;1-2-3;1-2/h2*2H,1H2,(H2,4,5);2-3H,1H2;2H,1H3. The van der Waals surface area contributed by atoms with Crippen molar-refractivity contribution in [2.45, 2.75) is 0 Å². The minimum Gasteiger partial charge on any atom is -0.516 e. The summed E-state index contributed by atoms with van der Waals surface area (Å²) in [6.45, 7) is 9.09. The molecule has 0 saturated heterocycles. The Balaban J connectivity index is -0.0000000574. The molecule has 0 saturated carbocycles. The maximum atomic E-state index is 9.47. The van der Waals surface area contributed by atoms with Gasteiger partial charge in [0.15, 0.2) is 0 Å². The lowest BCUT2D eigenvalue weighted by Gasteiger charge is -1.65. The van der Waals surface area contributed by atoms with Gasteiger partial charge in [0.05, 0.1) is 6.26 Å². The molecular formula is C9H18N2O4. The maximum Gasteiger partial charge on any atom is 0.240 e. The van der Waals surface area contributed by atoms with Crippen molar-refractivity contribution in [3.63, 3.8) is 0 Å². The zero-order valence-corrected chi connectivity index (χ0v) is 8.72. The first kappa shape index (κ1) is 23.1. The first-order valence-corrected chi connectivity index (χ1v) is 3.49. The van der Waals surface area contributed by atoms with Crippen molar-refractivity contribution < 1.29 is 19.8 Å². The van der Waals surface area contributed by atoms with Gasteiger partial charge in [0.1, 0.15) is 0 Å². The van der Waals surface area contributed by atoms with E-state index in [1.807, 2.05) is 0 Å². The summed E-state index contributed by atoms with van der Waals surface area (Å²) in [5, 5.41) is 14.3.